The van der Waals surface area contributed by atoms with Crippen molar-refractivity contribution in [3.63, 3.8) is 0 Å². The molecule has 0 radical (unpaired) electrons. The van der Waals surface area contributed by atoms with E-state index in [1.807, 2.05) is 0 Å². The molecule has 0 atom stereocenters. The molecule has 1 heterocycles. The van der Waals surface area contributed by atoms with E-state index in [1.165, 1.54) is 6.07 Å². The lowest BCUT2D eigenvalue weighted by molar-refractivity contribution is -0.137. The zero-order chi connectivity index (χ0) is 23.1. The van der Waals surface area contributed by atoms with Gasteiger partial charge in [-0.3, -0.25) is 0 Å². The van der Waals surface area contributed by atoms with E-state index in [0.717, 1.165) is 12.1 Å². The molecule has 166 valence electrons. The average molecular weight is 459 g/mol. The van der Waals surface area contributed by atoms with Crippen molar-refractivity contribution in [2.75, 3.05) is 0 Å². The van der Waals surface area contributed by atoms with Gasteiger partial charge in [0.05, 0.1) is 21.5 Å². The van der Waals surface area contributed by atoms with Crippen LogP contribution >= 0.6 is 0 Å². The van der Waals surface area contributed by atoms with Crippen LogP contribution in [0.5, 0.6) is 0 Å². The van der Waals surface area contributed by atoms with Crippen LogP contribution in [0.2, 0.25) is 0 Å². The number of H-pyrrole nitrogens is 1. The van der Waals surface area contributed by atoms with Crippen LogP contribution in [0.4, 0.5) is 13.2 Å². The van der Waals surface area contributed by atoms with Gasteiger partial charge in [-0.2, -0.15) is 13.2 Å². The minimum absolute atomic E-state index is 0.0269. The molecule has 0 amide bonds. The number of sulfonamides is 1. The number of fused-ring (bicyclic) bond motifs is 1. The van der Waals surface area contributed by atoms with Crippen LogP contribution in [0.25, 0.3) is 22.2 Å². The van der Waals surface area contributed by atoms with Crippen molar-refractivity contribution in [3.05, 3.63) is 83.2 Å². The fraction of sp³-hybridized carbons (Fsp3) is 0.174. The fourth-order valence-corrected chi connectivity index (χ4v) is 4.50. The molecule has 3 aromatic carbocycles. The van der Waals surface area contributed by atoms with Gasteiger partial charge in [0.1, 0.15) is 5.82 Å². The number of aromatic amines is 1. The Hall–Kier alpha value is -3.17. The lowest BCUT2D eigenvalue weighted by Crippen LogP contribution is -2.13. The van der Waals surface area contributed by atoms with Crippen molar-refractivity contribution >= 4 is 21.1 Å². The lowest BCUT2D eigenvalue weighted by atomic mass is 10.0. The van der Waals surface area contributed by atoms with Crippen molar-refractivity contribution in [1.29, 1.82) is 0 Å². The Balaban J connectivity index is 1.61. The number of primary sulfonamides is 1. The molecule has 0 unspecified atom stereocenters. The number of alkyl halides is 3. The molecule has 0 saturated carbocycles. The number of nitrogens with zero attached hydrogens (tertiary/aromatic N) is 1. The Bertz CT molecular complexity index is 1410. The van der Waals surface area contributed by atoms with E-state index in [-0.39, 0.29) is 4.90 Å². The highest BCUT2D eigenvalue weighted by Crippen LogP contribution is 2.31. The van der Waals surface area contributed by atoms with Gasteiger partial charge in [-0.05, 0) is 54.8 Å². The Morgan fingerprint density at radius 2 is 1.75 bits per heavy atom. The highest BCUT2D eigenvalue weighted by molar-refractivity contribution is 7.89. The summed E-state index contributed by atoms with van der Waals surface area (Å²) in [4.78, 5) is 7.71. The number of aryl methyl sites for hydroxylation is 3. The van der Waals surface area contributed by atoms with Gasteiger partial charge in [0.25, 0.3) is 0 Å². The van der Waals surface area contributed by atoms with E-state index in [4.69, 9.17) is 5.14 Å². The monoisotopic (exact) mass is 459 g/mol. The fourth-order valence-electron chi connectivity index (χ4n) is 3.73. The molecule has 3 N–H and O–H groups in total. The second-order valence-corrected chi connectivity index (χ2v) is 9.19. The van der Waals surface area contributed by atoms with Crippen molar-refractivity contribution in [2.45, 2.75) is 30.8 Å². The SMILES string of the molecule is Cc1cc(CCc2nc3ccc(-c4ccccc4S(N)(=O)=O)cc3[nH]2)cc(C(F)(F)F)c1. The third-order valence-electron chi connectivity index (χ3n) is 5.15. The predicted octanol–water partition coefficient (Wildman–Crippen LogP) is 4.99. The first kappa shape index (κ1) is 22.0. The molecule has 4 aromatic rings. The van der Waals surface area contributed by atoms with Gasteiger partial charge >= 0.3 is 6.18 Å². The summed E-state index contributed by atoms with van der Waals surface area (Å²) in [5, 5.41) is 5.34. The zero-order valence-electron chi connectivity index (χ0n) is 17.1. The summed E-state index contributed by atoms with van der Waals surface area (Å²) in [7, 11) is -3.89. The Labute approximate surface area is 183 Å². The number of hydrogen-bond donors (Lipinski definition) is 2. The molecular weight excluding hydrogens is 439 g/mol. The van der Waals surface area contributed by atoms with Crippen molar-refractivity contribution < 1.29 is 21.6 Å². The zero-order valence-corrected chi connectivity index (χ0v) is 17.9. The summed E-state index contributed by atoms with van der Waals surface area (Å²) < 4.78 is 63.0. The Morgan fingerprint density at radius 1 is 1.00 bits per heavy atom. The van der Waals surface area contributed by atoms with Crippen molar-refractivity contribution in [1.82, 2.24) is 9.97 Å². The van der Waals surface area contributed by atoms with Gasteiger partial charge < -0.3 is 4.98 Å². The van der Waals surface area contributed by atoms with E-state index in [1.54, 1.807) is 49.4 Å². The normalized spacial score (nSPS) is 12.4. The summed E-state index contributed by atoms with van der Waals surface area (Å²) >= 11 is 0. The number of benzene rings is 3. The van der Waals surface area contributed by atoms with Crippen LogP contribution in [-0.4, -0.2) is 18.4 Å². The predicted molar refractivity (Wildman–Crippen MR) is 116 cm³/mol. The van der Waals surface area contributed by atoms with E-state index in [0.29, 0.717) is 52.0 Å². The summed E-state index contributed by atoms with van der Waals surface area (Å²) in [6, 6.07) is 15.8. The molecule has 4 rings (SSSR count). The molecular formula is C23H20F3N3O2S. The molecule has 5 nitrogen and oxygen atoms in total. The third kappa shape index (κ3) is 4.68. The van der Waals surface area contributed by atoms with E-state index < -0.39 is 21.8 Å². The van der Waals surface area contributed by atoms with Crippen LogP contribution in [0, 0.1) is 6.92 Å². The molecule has 0 saturated heterocycles. The second-order valence-electron chi connectivity index (χ2n) is 7.66. The quantitative estimate of drug-likeness (QED) is 0.441. The van der Waals surface area contributed by atoms with Gasteiger partial charge in [-0.1, -0.05) is 35.9 Å². The molecule has 1 aromatic heterocycles. The topological polar surface area (TPSA) is 88.8 Å². The second kappa shape index (κ2) is 8.07. The molecule has 0 fully saturated rings. The number of halogens is 3. The lowest BCUT2D eigenvalue weighted by Gasteiger charge is -2.10. The molecule has 9 heteroatoms. The maximum absolute atomic E-state index is 13.1. The summed E-state index contributed by atoms with van der Waals surface area (Å²) in [5.74, 6) is 0.631. The molecule has 0 aliphatic carbocycles. The minimum Gasteiger partial charge on any atom is -0.342 e. The number of aromatic nitrogens is 2. The van der Waals surface area contributed by atoms with Gasteiger partial charge in [0.15, 0.2) is 0 Å². The van der Waals surface area contributed by atoms with Gasteiger partial charge in [-0.15, -0.1) is 0 Å². The summed E-state index contributed by atoms with van der Waals surface area (Å²) in [6.45, 7) is 1.64. The molecule has 0 aliphatic rings. The van der Waals surface area contributed by atoms with E-state index in [9.17, 15) is 21.6 Å². The van der Waals surface area contributed by atoms with Gasteiger partial charge in [-0.25, -0.2) is 18.5 Å². The maximum Gasteiger partial charge on any atom is 0.416 e. The van der Waals surface area contributed by atoms with E-state index >= 15 is 0 Å². The Morgan fingerprint density at radius 3 is 2.47 bits per heavy atom. The molecule has 0 aliphatic heterocycles. The number of nitrogens with one attached hydrogen (secondary N) is 1. The van der Waals surface area contributed by atoms with Crippen LogP contribution in [-0.2, 0) is 29.0 Å². The number of nitrogens with two attached hydrogens (primary N) is 1. The van der Waals surface area contributed by atoms with E-state index in [2.05, 4.69) is 9.97 Å². The Kier molecular flexibility index (Phi) is 5.56. The standard InChI is InChI=1S/C23H20F3N3O2S/c1-14-10-15(12-17(11-14)23(24,25)26)6-9-22-28-19-8-7-16(13-20(19)29-22)18-4-2-3-5-21(18)32(27,30)31/h2-5,7-8,10-13H,6,9H2,1H3,(H,28,29)(H2,27,30,31). The molecule has 0 spiro atoms. The van der Waals surface area contributed by atoms with Crippen LogP contribution in [0.3, 0.4) is 0 Å². The number of rotatable bonds is 5. The first-order valence-corrected chi connectivity index (χ1v) is 11.3. The van der Waals surface area contributed by atoms with Crippen LogP contribution in [0.15, 0.2) is 65.6 Å². The van der Waals surface area contributed by atoms with Crippen LogP contribution in [0.1, 0.15) is 22.5 Å². The number of hydrogen-bond acceptors (Lipinski definition) is 3. The van der Waals surface area contributed by atoms with Crippen molar-refractivity contribution in [2.24, 2.45) is 5.14 Å². The van der Waals surface area contributed by atoms with Crippen molar-refractivity contribution in [3.8, 4) is 11.1 Å². The minimum atomic E-state index is -4.39. The highest BCUT2D eigenvalue weighted by Gasteiger charge is 2.30. The third-order valence-corrected chi connectivity index (χ3v) is 6.12. The first-order chi connectivity index (χ1) is 15.0. The average Bonchev–Trinajstić information content (AvgIpc) is 3.13. The van der Waals surface area contributed by atoms with Gasteiger partial charge in [0, 0.05) is 12.0 Å². The van der Waals surface area contributed by atoms with Crippen LogP contribution < -0.4 is 5.14 Å². The first-order valence-electron chi connectivity index (χ1n) is 9.79. The van der Waals surface area contributed by atoms with Gasteiger partial charge in [0.2, 0.25) is 10.0 Å². The number of imidazole rings is 1. The largest absolute Gasteiger partial charge is 0.416 e. The molecule has 32 heavy (non-hydrogen) atoms. The maximum atomic E-state index is 13.1. The molecule has 0 bridgehead atoms. The highest BCUT2D eigenvalue weighted by atomic mass is 32.2. The summed E-state index contributed by atoms with van der Waals surface area (Å²) in [5.41, 5.74) is 2.99. The summed E-state index contributed by atoms with van der Waals surface area (Å²) in [6.07, 6.45) is -3.56. The smallest absolute Gasteiger partial charge is 0.342 e.